The van der Waals surface area contributed by atoms with Crippen LogP contribution in [0.4, 0.5) is 4.79 Å². The van der Waals surface area contributed by atoms with Gasteiger partial charge in [0.2, 0.25) is 0 Å². The van der Waals surface area contributed by atoms with Crippen LogP contribution in [0.2, 0.25) is 0 Å². The lowest BCUT2D eigenvalue weighted by atomic mass is 10.1. The van der Waals surface area contributed by atoms with E-state index in [0.717, 1.165) is 12.8 Å². The number of carbonyl (C=O) groups is 2. The second-order valence-corrected chi connectivity index (χ2v) is 5.49. The van der Waals surface area contributed by atoms with Gasteiger partial charge in [-0.2, -0.15) is 0 Å². The van der Waals surface area contributed by atoms with E-state index in [4.69, 9.17) is 4.74 Å². The molecule has 1 aromatic carbocycles. The number of nitrogens with zero attached hydrogens (tertiary/aromatic N) is 1. The molecule has 2 heterocycles. The van der Waals surface area contributed by atoms with E-state index in [1.165, 1.54) is 0 Å². The van der Waals surface area contributed by atoms with Crippen molar-refractivity contribution < 1.29 is 19.4 Å². The summed E-state index contributed by atoms with van der Waals surface area (Å²) in [6.45, 7) is 1.06. The number of hydrogen-bond donors (Lipinski definition) is 2. The molecule has 0 saturated carbocycles. The first kappa shape index (κ1) is 13.9. The minimum absolute atomic E-state index is 0.0921. The van der Waals surface area contributed by atoms with Crippen molar-refractivity contribution in [3.63, 3.8) is 0 Å². The number of carbonyl (C=O) groups excluding carboxylic acids is 1. The first-order valence-corrected chi connectivity index (χ1v) is 7.12. The molecule has 6 heteroatoms. The molecular formula is C15H18N2O4. The van der Waals surface area contributed by atoms with Crippen LogP contribution in [0.25, 0.3) is 0 Å². The zero-order valence-electron chi connectivity index (χ0n) is 11.6. The van der Waals surface area contributed by atoms with Crippen molar-refractivity contribution >= 4 is 12.0 Å². The SMILES string of the molecule is O=C(O)C(NC(=O)N1CC2CCC(C1)O2)c1ccccc1. The average molecular weight is 290 g/mol. The number of carboxylic acid groups (broad SMARTS) is 1. The zero-order chi connectivity index (χ0) is 14.8. The van der Waals surface area contributed by atoms with Gasteiger partial charge in [0.25, 0.3) is 0 Å². The van der Waals surface area contributed by atoms with Gasteiger partial charge in [-0.05, 0) is 18.4 Å². The molecule has 3 rings (SSSR count). The number of benzene rings is 1. The number of carboxylic acids is 1. The monoisotopic (exact) mass is 290 g/mol. The van der Waals surface area contributed by atoms with Gasteiger partial charge in [0.05, 0.1) is 12.2 Å². The van der Waals surface area contributed by atoms with E-state index in [9.17, 15) is 14.7 Å². The van der Waals surface area contributed by atoms with Gasteiger partial charge < -0.3 is 20.1 Å². The number of aliphatic carboxylic acids is 1. The highest BCUT2D eigenvalue weighted by Gasteiger charge is 2.36. The summed E-state index contributed by atoms with van der Waals surface area (Å²) in [7, 11) is 0. The van der Waals surface area contributed by atoms with E-state index >= 15 is 0 Å². The van der Waals surface area contributed by atoms with Gasteiger partial charge in [0.1, 0.15) is 0 Å². The van der Waals surface area contributed by atoms with Crippen LogP contribution in [0.5, 0.6) is 0 Å². The molecule has 6 nitrogen and oxygen atoms in total. The lowest BCUT2D eigenvalue weighted by Crippen LogP contribution is -2.51. The summed E-state index contributed by atoms with van der Waals surface area (Å²) in [5, 5.41) is 11.9. The zero-order valence-corrected chi connectivity index (χ0v) is 11.6. The van der Waals surface area contributed by atoms with Crippen LogP contribution in [0.1, 0.15) is 24.4 Å². The highest BCUT2D eigenvalue weighted by Crippen LogP contribution is 2.26. The molecule has 2 N–H and O–H groups in total. The molecule has 2 fully saturated rings. The Hall–Kier alpha value is -2.08. The van der Waals surface area contributed by atoms with E-state index in [0.29, 0.717) is 18.7 Å². The third kappa shape index (κ3) is 3.00. The number of ether oxygens (including phenoxy) is 1. The van der Waals surface area contributed by atoms with Crippen LogP contribution in [0.15, 0.2) is 30.3 Å². The highest BCUT2D eigenvalue weighted by atomic mass is 16.5. The maximum absolute atomic E-state index is 12.3. The second-order valence-electron chi connectivity index (χ2n) is 5.49. The molecule has 0 aliphatic carbocycles. The van der Waals surface area contributed by atoms with E-state index in [2.05, 4.69) is 5.32 Å². The van der Waals surface area contributed by atoms with Crippen LogP contribution in [0, 0.1) is 0 Å². The first-order valence-electron chi connectivity index (χ1n) is 7.12. The molecule has 3 atom stereocenters. The van der Waals surface area contributed by atoms with E-state index in [1.807, 2.05) is 6.07 Å². The Morgan fingerprint density at radius 3 is 2.38 bits per heavy atom. The molecule has 0 radical (unpaired) electrons. The second kappa shape index (κ2) is 5.73. The van der Waals surface area contributed by atoms with Crippen LogP contribution in [-0.4, -0.2) is 47.3 Å². The van der Waals surface area contributed by atoms with E-state index < -0.39 is 12.0 Å². The number of rotatable bonds is 3. The molecule has 2 saturated heterocycles. The molecule has 2 amide bonds. The summed E-state index contributed by atoms with van der Waals surface area (Å²) in [6.07, 6.45) is 2.12. The average Bonchev–Trinajstić information content (AvgIpc) is 2.83. The Morgan fingerprint density at radius 1 is 1.19 bits per heavy atom. The molecule has 2 aliphatic rings. The normalized spacial score (nSPS) is 25.4. The van der Waals surface area contributed by atoms with Gasteiger partial charge in [-0.15, -0.1) is 0 Å². The molecule has 21 heavy (non-hydrogen) atoms. The Balaban J connectivity index is 1.68. The predicted molar refractivity (Wildman–Crippen MR) is 74.8 cm³/mol. The van der Waals surface area contributed by atoms with Gasteiger partial charge in [-0.1, -0.05) is 30.3 Å². The molecular weight excluding hydrogens is 272 g/mol. The first-order chi connectivity index (χ1) is 10.1. The highest BCUT2D eigenvalue weighted by molar-refractivity contribution is 5.83. The van der Waals surface area contributed by atoms with Crippen LogP contribution in [-0.2, 0) is 9.53 Å². The largest absolute Gasteiger partial charge is 0.479 e. The summed E-state index contributed by atoms with van der Waals surface area (Å²) in [5.74, 6) is -1.06. The number of morpholine rings is 1. The molecule has 0 aromatic heterocycles. The van der Waals surface area contributed by atoms with Gasteiger partial charge >= 0.3 is 12.0 Å². The van der Waals surface area contributed by atoms with E-state index in [-0.39, 0.29) is 18.2 Å². The molecule has 2 aliphatic heterocycles. The van der Waals surface area contributed by atoms with Crippen LogP contribution < -0.4 is 5.32 Å². The van der Waals surface area contributed by atoms with E-state index in [1.54, 1.807) is 29.2 Å². The number of hydrogen-bond acceptors (Lipinski definition) is 3. The van der Waals surface area contributed by atoms with Crippen LogP contribution >= 0.6 is 0 Å². The topological polar surface area (TPSA) is 78.9 Å². The van der Waals surface area contributed by atoms with Crippen molar-refractivity contribution in [2.75, 3.05) is 13.1 Å². The molecule has 1 aromatic rings. The quantitative estimate of drug-likeness (QED) is 0.881. The molecule has 0 spiro atoms. The molecule has 112 valence electrons. The van der Waals surface area contributed by atoms with Crippen molar-refractivity contribution in [2.24, 2.45) is 0 Å². The molecule has 3 unspecified atom stereocenters. The maximum atomic E-state index is 12.3. The van der Waals surface area contributed by atoms with Gasteiger partial charge in [-0.25, -0.2) is 9.59 Å². The summed E-state index contributed by atoms with van der Waals surface area (Å²) < 4.78 is 5.68. The number of fused-ring (bicyclic) bond motifs is 2. The maximum Gasteiger partial charge on any atom is 0.330 e. The Bertz CT molecular complexity index is 522. The summed E-state index contributed by atoms with van der Waals surface area (Å²) >= 11 is 0. The summed E-state index contributed by atoms with van der Waals surface area (Å²) in [5.41, 5.74) is 0.564. The lowest BCUT2D eigenvalue weighted by Gasteiger charge is -2.33. The number of amides is 2. The van der Waals surface area contributed by atoms with Crippen LogP contribution in [0.3, 0.4) is 0 Å². The van der Waals surface area contributed by atoms with Crippen molar-refractivity contribution in [1.29, 1.82) is 0 Å². The predicted octanol–water partition coefficient (Wildman–Crippen LogP) is 1.39. The van der Waals surface area contributed by atoms with Crippen molar-refractivity contribution in [3.8, 4) is 0 Å². The smallest absolute Gasteiger partial charge is 0.330 e. The standard InChI is InChI=1S/C15H18N2O4/c18-14(19)13(10-4-2-1-3-5-10)16-15(20)17-8-11-6-7-12(9-17)21-11/h1-5,11-13H,6-9H2,(H,16,20)(H,18,19). The van der Waals surface area contributed by atoms with Crippen molar-refractivity contribution in [3.05, 3.63) is 35.9 Å². The third-order valence-electron chi connectivity index (χ3n) is 3.98. The van der Waals surface area contributed by atoms with Crippen molar-refractivity contribution in [2.45, 2.75) is 31.1 Å². The fourth-order valence-electron chi connectivity index (χ4n) is 2.93. The Morgan fingerprint density at radius 2 is 1.81 bits per heavy atom. The number of likely N-dealkylation sites (tertiary alicyclic amines) is 1. The fraction of sp³-hybridized carbons (Fsp3) is 0.467. The Kier molecular flexibility index (Phi) is 3.79. The minimum Gasteiger partial charge on any atom is -0.479 e. The summed E-state index contributed by atoms with van der Waals surface area (Å²) in [6, 6.07) is 7.35. The minimum atomic E-state index is -1.06. The molecule has 2 bridgehead atoms. The lowest BCUT2D eigenvalue weighted by molar-refractivity contribution is -0.139. The fourth-order valence-corrected chi connectivity index (χ4v) is 2.93. The van der Waals surface area contributed by atoms with Gasteiger partial charge in [0, 0.05) is 13.1 Å². The Labute approximate surface area is 122 Å². The van der Waals surface area contributed by atoms with Gasteiger partial charge in [-0.3, -0.25) is 0 Å². The summed E-state index contributed by atoms with van der Waals surface area (Å²) in [4.78, 5) is 25.4. The third-order valence-corrected chi connectivity index (χ3v) is 3.98. The van der Waals surface area contributed by atoms with Gasteiger partial charge in [0.15, 0.2) is 6.04 Å². The number of urea groups is 1. The van der Waals surface area contributed by atoms with Crippen molar-refractivity contribution in [1.82, 2.24) is 10.2 Å². The number of nitrogens with one attached hydrogen (secondary N) is 1.